The molecule has 1 saturated carbocycles. The van der Waals surface area contributed by atoms with Crippen molar-refractivity contribution in [3.8, 4) is 0 Å². The number of nitrogens with zero attached hydrogens (tertiary/aromatic N) is 3. The van der Waals surface area contributed by atoms with Crippen molar-refractivity contribution in [3.63, 3.8) is 0 Å². The number of benzene rings is 1. The number of amides is 3. The van der Waals surface area contributed by atoms with Gasteiger partial charge in [0.25, 0.3) is 5.91 Å². The third kappa shape index (κ3) is 3.41. The highest BCUT2D eigenvalue weighted by Crippen LogP contribution is 2.32. The van der Waals surface area contributed by atoms with E-state index in [0.29, 0.717) is 30.5 Å². The van der Waals surface area contributed by atoms with Gasteiger partial charge in [-0.15, -0.1) is 0 Å². The first-order valence-corrected chi connectivity index (χ1v) is 9.70. The monoisotopic (exact) mass is 367 g/mol. The molecule has 2 aliphatic rings. The van der Waals surface area contributed by atoms with Gasteiger partial charge in [-0.05, 0) is 49.9 Å². The summed E-state index contributed by atoms with van der Waals surface area (Å²) < 4.78 is 1.86. The molecular weight excluding hydrogens is 342 g/mol. The van der Waals surface area contributed by atoms with E-state index in [1.54, 1.807) is 17.2 Å². The number of hydrogen-bond donors (Lipinski definition) is 2. The van der Waals surface area contributed by atoms with Crippen molar-refractivity contribution in [3.05, 3.63) is 41.7 Å². The number of urea groups is 1. The number of aromatic nitrogens is 2. The van der Waals surface area contributed by atoms with E-state index in [1.165, 1.54) is 12.8 Å². The minimum absolute atomic E-state index is 0.0981. The zero-order valence-corrected chi connectivity index (χ0v) is 15.6. The third-order valence-corrected chi connectivity index (χ3v) is 5.39. The van der Waals surface area contributed by atoms with E-state index in [2.05, 4.69) is 15.7 Å². The molecule has 2 heterocycles. The quantitative estimate of drug-likeness (QED) is 0.870. The average Bonchev–Trinajstić information content (AvgIpc) is 3.40. The van der Waals surface area contributed by atoms with E-state index in [0.717, 1.165) is 30.5 Å². The Kier molecular flexibility index (Phi) is 4.83. The molecule has 1 aromatic carbocycles. The minimum Gasteiger partial charge on any atom is -0.338 e. The molecule has 0 radical (unpaired) electrons. The Morgan fingerprint density at radius 3 is 2.81 bits per heavy atom. The first-order valence-electron chi connectivity index (χ1n) is 9.70. The van der Waals surface area contributed by atoms with Crippen LogP contribution in [-0.4, -0.2) is 34.8 Å². The fourth-order valence-corrected chi connectivity index (χ4v) is 4.04. The fraction of sp³-hybridized carbons (Fsp3) is 0.450. The van der Waals surface area contributed by atoms with Crippen molar-refractivity contribution in [2.45, 2.75) is 45.1 Å². The highest BCUT2D eigenvalue weighted by molar-refractivity contribution is 6.04. The summed E-state index contributed by atoms with van der Waals surface area (Å²) in [6.07, 6.45) is 7.03. The molecule has 7 heteroatoms. The number of anilines is 2. The summed E-state index contributed by atoms with van der Waals surface area (Å²) in [5, 5.41) is 10.2. The van der Waals surface area contributed by atoms with Crippen LogP contribution in [0.5, 0.6) is 0 Å². The van der Waals surface area contributed by atoms with Gasteiger partial charge in [-0.2, -0.15) is 5.10 Å². The normalized spacial score (nSPS) is 16.4. The predicted octanol–water partition coefficient (Wildman–Crippen LogP) is 3.34. The Morgan fingerprint density at radius 1 is 1.22 bits per heavy atom. The maximum absolute atomic E-state index is 12.8. The lowest BCUT2D eigenvalue weighted by Gasteiger charge is -2.18. The summed E-state index contributed by atoms with van der Waals surface area (Å²) >= 11 is 0. The van der Waals surface area contributed by atoms with Crippen LogP contribution in [0.2, 0.25) is 0 Å². The molecule has 0 saturated heterocycles. The summed E-state index contributed by atoms with van der Waals surface area (Å²) in [5.41, 5.74) is 3.26. The fourth-order valence-electron chi connectivity index (χ4n) is 4.04. The van der Waals surface area contributed by atoms with Crippen molar-refractivity contribution in [2.24, 2.45) is 0 Å². The van der Waals surface area contributed by atoms with Crippen LogP contribution in [-0.2, 0) is 6.42 Å². The molecule has 27 heavy (non-hydrogen) atoms. The molecule has 0 bridgehead atoms. The smallest absolute Gasteiger partial charge is 0.321 e. The number of fused-ring (bicyclic) bond motifs is 1. The van der Waals surface area contributed by atoms with Crippen LogP contribution in [0, 0.1) is 0 Å². The Labute approximate surface area is 158 Å². The molecule has 0 spiro atoms. The number of carbonyl (C=O) groups is 2. The summed E-state index contributed by atoms with van der Waals surface area (Å²) in [6.45, 7) is 3.15. The Bertz CT molecular complexity index is 854. The van der Waals surface area contributed by atoms with Gasteiger partial charge in [0.2, 0.25) is 0 Å². The highest BCUT2D eigenvalue weighted by Gasteiger charge is 2.26. The second kappa shape index (κ2) is 7.42. The van der Waals surface area contributed by atoms with Gasteiger partial charge in [0.1, 0.15) is 5.69 Å². The SMILES string of the molecule is CCNC(=O)N1CCc2ccc(NC(=O)c3ccnn3C3CCCC3)cc21. The predicted molar refractivity (Wildman–Crippen MR) is 104 cm³/mol. The second-order valence-corrected chi connectivity index (χ2v) is 7.13. The second-order valence-electron chi connectivity index (χ2n) is 7.13. The van der Waals surface area contributed by atoms with Crippen LogP contribution >= 0.6 is 0 Å². The van der Waals surface area contributed by atoms with Gasteiger partial charge in [0.05, 0.1) is 11.7 Å². The molecule has 0 atom stereocenters. The van der Waals surface area contributed by atoms with Crippen LogP contribution in [0.4, 0.5) is 16.2 Å². The average molecular weight is 367 g/mol. The molecule has 1 aromatic heterocycles. The van der Waals surface area contributed by atoms with E-state index in [9.17, 15) is 9.59 Å². The van der Waals surface area contributed by atoms with Crippen LogP contribution in [0.25, 0.3) is 0 Å². The van der Waals surface area contributed by atoms with E-state index in [1.807, 2.05) is 29.8 Å². The molecule has 7 nitrogen and oxygen atoms in total. The maximum atomic E-state index is 12.8. The van der Waals surface area contributed by atoms with Gasteiger partial charge in [-0.1, -0.05) is 18.9 Å². The highest BCUT2D eigenvalue weighted by atomic mass is 16.2. The minimum atomic E-state index is -0.165. The van der Waals surface area contributed by atoms with Crippen molar-refractivity contribution in [1.29, 1.82) is 0 Å². The molecule has 1 fully saturated rings. The number of hydrogen-bond acceptors (Lipinski definition) is 3. The lowest BCUT2D eigenvalue weighted by molar-refractivity contribution is 0.101. The largest absolute Gasteiger partial charge is 0.338 e. The number of rotatable bonds is 4. The van der Waals surface area contributed by atoms with Crippen LogP contribution < -0.4 is 15.5 Å². The Morgan fingerprint density at radius 2 is 2.04 bits per heavy atom. The van der Waals surface area contributed by atoms with Gasteiger partial charge in [0.15, 0.2) is 0 Å². The molecule has 0 unspecified atom stereocenters. The van der Waals surface area contributed by atoms with Crippen molar-refractivity contribution in [1.82, 2.24) is 15.1 Å². The van der Waals surface area contributed by atoms with E-state index < -0.39 is 0 Å². The molecule has 1 aliphatic carbocycles. The lowest BCUT2D eigenvalue weighted by atomic mass is 10.1. The molecular formula is C20H25N5O2. The number of carbonyl (C=O) groups excluding carboxylic acids is 2. The third-order valence-electron chi connectivity index (χ3n) is 5.39. The van der Waals surface area contributed by atoms with Crippen LogP contribution in [0.3, 0.4) is 0 Å². The van der Waals surface area contributed by atoms with Crippen LogP contribution in [0.1, 0.15) is 54.7 Å². The van der Waals surface area contributed by atoms with E-state index in [4.69, 9.17) is 0 Å². The van der Waals surface area contributed by atoms with E-state index >= 15 is 0 Å². The molecule has 4 rings (SSSR count). The van der Waals surface area contributed by atoms with Crippen molar-refractivity contribution >= 4 is 23.3 Å². The number of nitrogens with one attached hydrogen (secondary N) is 2. The first kappa shape index (κ1) is 17.6. The lowest BCUT2D eigenvalue weighted by Crippen LogP contribution is -2.38. The summed E-state index contributed by atoms with van der Waals surface area (Å²) in [5.74, 6) is -0.165. The standard InChI is InChI=1S/C20H25N5O2/c1-2-21-20(27)24-12-10-14-7-8-15(13-18(14)24)23-19(26)17-9-11-22-25(17)16-5-3-4-6-16/h7-9,11,13,16H,2-6,10,12H2,1H3,(H,21,27)(H,23,26). The first-order chi connectivity index (χ1) is 13.2. The summed E-state index contributed by atoms with van der Waals surface area (Å²) in [7, 11) is 0. The zero-order chi connectivity index (χ0) is 18.8. The summed E-state index contributed by atoms with van der Waals surface area (Å²) in [6, 6.07) is 7.74. The van der Waals surface area contributed by atoms with Gasteiger partial charge < -0.3 is 10.6 Å². The van der Waals surface area contributed by atoms with Gasteiger partial charge >= 0.3 is 6.03 Å². The van der Waals surface area contributed by atoms with Gasteiger partial charge in [0, 0.05) is 25.0 Å². The molecule has 2 N–H and O–H groups in total. The van der Waals surface area contributed by atoms with Crippen molar-refractivity contribution < 1.29 is 9.59 Å². The Hall–Kier alpha value is -2.83. The van der Waals surface area contributed by atoms with Gasteiger partial charge in [-0.3, -0.25) is 14.4 Å². The van der Waals surface area contributed by atoms with Gasteiger partial charge in [-0.25, -0.2) is 4.79 Å². The molecule has 1 aliphatic heterocycles. The molecule has 3 amide bonds. The van der Waals surface area contributed by atoms with E-state index in [-0.39, 0.29) is 11.9 Å². The van der Waals surface area contributed by atoms with Crippen molar-refractivity contribution in [2.75, 3.05) is 23.3 Å². The zero-order valence-electron chi connectivity index (χ0n) is 15.6. The molecule has 142 valence electrons. The van der Waals surface area contributed by atoms with Crippen LogP contribution in [0.15, 0.2) is 30.5 Å². The summed E-state index contributed by atoms with van der Waals surface area (Å²) in [4.78, 5) is 26.8. The topological polar surface area (TPSA) is 79.3 Å². The molecule has 2 aromatic rings. The Balaban J connectivity index is 1.52. The maximum Gasteiger partial charge on any atom is 0.321 e.